The van der Waals surface area contributed by atoms with Crippen LogP contribution in [0.15, 0.2) is 35.3 Å². The number of alkyl halides is 3. The monoisotopic (exact) mass is 446 g/mol. The zero-order valence-corrected chi connectivity index (χ0v) is 16.6. The number of H-pyrrole nitrogens is 1. The lowest BCUT2D eigenvalue weighted by Crippen LogP contribution is -2.47. The Labute approximate surface area is 173 Å². The smallest absolute Gasteiger partial charge is 0.417 e. The Hall–Kier alpha value is -2.95. The van der Waals surface area contributed by atoms with Gasteiger partial charge in [0.25, 0.3) is 5.91 Å². The summed E-state index contributed by atoms with van der Waals surface area (Å²) in [6, 6.07) is 4.19. The fourth-order valence-electron chi connectivity index (χ4n) is 3.74. The van der Waals surface area contributed by atoms with Crippen LogP contribution in [0.1, 0.15) is 25.3 Å². The van der Waals surface area contributed by atoms with Gasteiger partial charge in [0.05, 0.1) is 12.8 Å². The van der Waals surface area contributed by atoms with Crippen LogP contribution in [0, 0.1) is 17.6 Å². The first-order valence-electron chi connectivity index (χ1n) is 9.16. The molecule has 1 aromatic heterocycles. The topological polar surface area (TPSA) is 80.4 Å². The Morgan fingerprint density at radius 3 is 2.45 bits per heavy atom. The van der Waals surface area contributed by atoms with E-state index in [4.69, 9.17) is 9.47 Å². The average molecular weight is 446 g/mol. The van der Waals surface area contributed by atoms with E-state index in [2.05, 4.69) is 10.3 Å². The number of methoxy groups -OCH3 is 1. The summed E-state index contributed by atoms with van der Waals surface area (Å²) in [4.78, 5) is 26.4. The molecule has 1 aliphatic heterocycles. The van der Waals surface area contributed by atoms with Crippen LogP contribution < -0.4 is 15.6 Å². The number of carbonyl (C=O) groups excluding carboxylic acids is 1. The SMILES string of the molecule is COc1c([C@H]2[C@H](C(=O)Nc3ccc(=O)[nH]c3)O[C@@](C)(C(F)(F)F)[C@H]2C)ccc(F)c1F. The number of carbonyl (C=O) groups is 1. The lowest BCUT2D eigenvalue weighted by molar-refractivity contribution is -0.272. The molecule has 1 aliphatic rings. The Morgan fingerprint density at radius 2 is 1.90 bits per heavy atom. The number of benzene rings is 1. The van der Waals surface area contributed by atoms with Gasteiger partial charge in [0, 0.05) is 29.7 Å². The Bertz CT molecular complexity index is 1030. The predicted octanol–water partition coefficient (Wildman–Crippen LogP) is 3.74. The predicted molar refractivity (Wildman–Crippen MR) is 99.8 cm³/mol. The highest BCUT2D eigenvalue weighted by Gasteiger charge is 2.65. The van der Waals surface area contributed by atoms with Gasteiger partial charge < -0.3 is 19.8 Å². The summed E-state index contributed by atoms with van der Waals surface area (Å²) in [7, 11) is 1.04. The number of hydrogen-bond donors (Lipinski definition) is 2. The largest absolute Gasteiger partial charge is 0.493 e. The number of hydrogen-bond acceptors (Lipinski definition) is 4. The van der Waals surface area contributed by atoms with Crippen LogP contribution in [0.5, 0.6) is 5.75 Å². The van der Waals surface area contributed by atoms with Gasteiger partial charge in [-0.2, -0.15) is 17.6 Å². The van der Waals surface area contributed by atoms with Crippen molar-refractivity contribution in [1.29, 1.82) is 0 Å². The Kier molecular flexibility index (Phi) is 5.83. The summed E-state index contributed by atoms with van der Waals surface area (Å²) < 4.78 is 79.7. The van der Waals surface area contributed by atoms with Crippen LogP contribution in [-0.4, -0.2) is 35.9 Å². The number of pyridine rings is 1. The molecular formula is C20H19F5N2O4. The van der Waals surface area contributed by atoms with E-state index in [0.29, 0.717) is 0 Å². The summed E-state index contributed by atoms with van der Waals surface area (Å²) in [6.45, 7) is 2.01. The minimum atomic E-state index is -4.86. The first kappa shape index (κ1) is 22.7. The zero-order valence-electron chi connectivity index (χ0n) is 16.6. The van der Waals surface area contributed by atoms with E-state index >= 15 is 0 Å². The molecule has 1 aromatic carbocycles. The molecule has 0 saturated carbocycles. The van der Waals surface area contributed by atoms with E-state index in [1.165, 1.54) is 13.0 Å². The van der Waals surface area contributed by atoms with Crippen LogP contribution >= 0.6 is 0 Å². The molecule has 2 heterocycles. The maximum atomic E-state index is 14.3. The molecule has 0 unspecified atom stereocenters. The minimum absolute atomic E-state index is 0.109. The van der Waals surface area contributed by atoms with Gasteiger partial charge in [-0.3, -0.25) is 9.59 Å². The van der Waals surface area contributed by atoms with Crippen LogP contribution in [0.3, 0.4) is 0 Å². The normalized spacial score (nSPS) is 26.0. The van der Waals surface area contributed by atoms with Gasteiger partial charge in [-0.25, -0.2) is 4.39 Å². The van der Waals surface area contributed by atoms with Crippen LogP contribution in [0.4, 0.5) is 27.6 Å². The fourth-order valence-corrected chi connectivity index (χ4v) is 3.74. The van der Waals surface area contributed by atoms with E-state index in [1.54, 1.807) is 0 Å². The number of aromatic amines is 1. The number of anilines is 1. The number of aromatic nitrogens is 1. The number of nitrogens with one attached hydrogen (secondary N) is 2. The van der Waals surface area contributed by atoms with Gasteiger partial charge in [-0.1, -0.05) is 13.0 Å². The summed E-state index contributed by atoms with van der Waals surface area (Å²) in [5, 5.41) is 2.37. The van der Waals surface area contributed by atoms with Gasteiger partial charge >= 0.3 is 6.18 Å². The third kappa shape index (κ3) is 3.89. The standard InChI is InChI=1S/C20H19F5N2O4/c1-9-14(11-5-6-12(21)15(22)16(11)30-3)17(31-19(9,2)20(23,24)25)18(29)27-10-4-7-13(28)26-8-10/h4-9,14,17H,1-3H3,(H,26,28)(H,27,29)/t9-,14-,17+,19+/m0/s1. The second-order valence-corrected chi connectivity index (χ2v) is 7.37. The summed E-state index contributed by atoms with van der Waals surface area (Å²) in [5.74, 6) is -6.87. The quantitative estimate of drug-likeness (QED) is 0.702. The van der Waals surface area contributed by atoms with Crippen molar-refractivity contribution in [1.82, 2.24) is 4.98 Å². The van der Waals surface area contributed by atoms with E-state index in [1.807, 2.05) is 0 Å². The summed E-state index contributed by atoms with van der Waals surface area (Å²) >= 11 is 0. The van der Waals surface area contributed by atoms with Crippen molar-refractivity contribution in [3.8, 4) is 5.75 Å². The lowest BCUT2D eigenvalue weighted by atomic mass is 9.77. The first-order chi connectivity index (χ1) is 14.4. The van der Waals surface area contributed by atoms with Crippen LogP contribution in [-0.2, 0) is 9.53 Å². The number of amides is 1. The molecule has 4 atom stereocenters. The molecule has 0 aliphatic carbocycles. The van der Waals surface area contributed by atoms with E-state index in [0.717, 1.165) is 38.4 Å². The third-order valence-corrected chi connectivity index (χ3v) is 5.62. The Morgan fingerprint density at radius 1 is 1.23 bits per heavy atom. The van der Waals surface area contributed by atoms with Crippen molar-refractivity contribution in [3.63, 3.8) is 0 Å². The molecular weight excluding hydrogens is 427 g/mol. The molecule has 0 bridgehead atoms. The summed E-state index contributed by atoms with van der Waals surface area (Å²) in [5.41, 5.74) is -3.22. The van der Waals surface area contributed by atoms with Gasteiger partial charge in [-0.15, -0.1) is 0 Å². The highest BCUT2D eigenvalue weighted by molar-refractivity contribution is 5.95. The van der Waals surface area contributed by atoms with Crippen molar-refractivity contribution in [2.75, 3.05) is 12.4 Å². The molecule has 168 valence electrons. The van der Waals surface area contributed by atoms with Crippen LogP contribution in [0.25, 0.3) is 0 Å². The van der Waals surface area contributed by atoms with Gasteiger partial charge in [0.1, 0.15) is 6.10 Å². The van der Waals surface area contributed by atoms with Gasteiger partial charge in [0.15, 0.2) is 17.2 Å². The van der Waals surface area contributed by atoms with Crippen molar-refractivity contribution in [2.24, 2.45) is 5.92 Å². The number of halogens is 5. The summed E-state index contributed by atoms with van der Waals surface area (Å²) in [6.07, 6.45) is -5.41. The molecule has 1 fully saturated rings. The highest BCUT2D eigenvalue weighted by atomic mass is 19.4. The fraction of sp³-hybridized carbons (Fsp3) is 0.400. The molecule has 31 heavy (non-hydrogen) atoms. The van der Waals surface area contributed by atoms with Gasteiger partial charge in [-0.05, 0) is 19.1 Å². The molecule has 6 nitrogen and oxygen atoms in total. The van der Waals surface area contributed by atoms with E-state index < -0.39 is 58.6 Å². The molecule has 0 radical (unpaired) electrons. The second-order valence-electron chi connectivity index (χ2n) is 7.37. The van der Waals surface area contributed by atoms with E-state index in [9.17, 15) is 31.5 Å². The highest BCUT2D eigenvalue weighted by Crippen LogP contribution is 2.54. The van der Waals surface area contributed by atoms with Crippen LogP contribution in [0.2, 0.25) is 0 Å². The molecule has 3 rings (SSSR count). The Balaban J connectivity index is 2.08. The maximum Gasteiger partial charge on any atom is 0.417 e. The average Bonchev–Trinajstić information content (AvgIpc) is 2.98. The van der Waals surface area contributed by atoms with Crippen molar-refractivity contribution >= 4 is 11.6 Å². The molecule has 1 amide bonds. The molecule has 0 spiro atoms. The minimum Gasteiger partial charge on any atom is -0.493 e. The molecule has 11 heteroatoms. The van der Waals surface area contributed by atoms with Gasteiger partial charge in [0.2, 0.25) is 11.4 Å². The number of ether oxygens (including phenoxy) is 2. The van der Waals surface area contributed by atoms with Crippen molar-refractivity contribution in [3.05, 3.63) is 58.0 Å². The number of rotatable bonds is 4. The second kappa shape index (κ2) is 7.95. The van der Waals surface area contributed by atoms with Crippen molar-refractivity contribution < 1.29 is 36.2 Å². The lowest BCUT2D eigenvalue weighted by Gasteiger charge is -2.32. The third-order valence-electron chi connectivity index (χ3n) is 5.62. The first-order valence-corrected chi connectivity index (χ1v) is 9.16. The van der Waals surface area contributed by atoms with E-state index in [-0.39, 0.29) is 11.3 Å². The zero-order chi connectivity index (χ0) is 23.1. The van der Waals surface area contributed by atoms with Crippen molar-refractivity contribution in [2.45, 2.75) is 37.6 Å². The molecule has 1 saturated heterocycles. The molecule has 2 aromatic rings. The molecule has 2 N–H and O–H groups in total. The maximum absolute atomic E-state index is 14.3.